The first-order chi connectivity index (χ1) is 10.9. The van der Waals surface area contributed by atoms with Gasteiger partial charge in [0.2, 0.25) is 0 Å². The van der Waals surface area contributed by atoms with E-state index in [1.54, 1.807) is 12.1 Å². The Labute approximate surface area is 130 Å². The minimum absolute atomic E-state index is 0.108. The number of hydrogen-bond donors (Lipinski definition) is 1. The fraction of sp³-hybridized carbons (Fsp3) is 0.0588. The van der Waals surface area contributed by atoms with Crippen LogP contribution in [0.2, 0.25) is 0 Å². The lowest BCUT2D eigenvalue weighted by molar-refractivity contribution is 0.0443. The second-order valence-corrected chi connectivity index (χ2v) is 5.06. The molecule has 0 spiro atoms. The van der Waals surface area contributed by atoms with Crippen LogP contribution >= 0.6 is 0 Å². The number of cyclic esters (lactones) is 2. The molecule has 0 bridgehead atoms. The van der Waals surface area contributed by atoms with Crippen LogP contribution in [0.4, 0.5) is 0 Å². The van der Waals surface area contributed by atoms with Crippen LogP contribution in [0, 0.1) is 0 Å². The third-order valence-corrected chi connectivity index (χ3v) is 3.61. The fourth-order valence-electron chi connectivity index (χ4n) is 2.47. The Kier molecular flexibility index (Phi) is 3.29. The SMILES string of the molecule is CC(=O)c1ccc(-c2ccc3c(c2)C(=O)OC3=O)cc1C(=O)O. The number of carboxylic acids is 1. The van der Waals surface area contributed by atoms with Gasteiger partial charge in [0, 0.05) is 5.56 Å². The van der Waals surface area contributed by atoms with Gasteiger partial charge in [-0.15, -0.1) is 0 Å². The van der Waals surface area contributed by atoms with E-state index in [2.05, 4.69) is 4.74 Å². The zero-order chi connectivity index (χ0) is 16.7. The van der Waals surface area contributed by atoms with Crippen molar-refractivity contribution in [1.29, 1.82) is 0 Å². The number of rotatable bonds is 3. The third kappa shape index (κ3) is 2.40. The standard InChI is InChI=1S/C17H10O6/c1-8(18)11-4-2-9(6-13(11)15(19)20)10-3-5-12-14(7-10)17(22)23-16(12)21/h2-7H,1H3,(H,19,20). The number of ketones is 1. The monoisotopic (exact) mass is 310 g/mol. The molecule has 2 aromatic rings. The summed E-state index contributed by atoms with van der Waals surface area (Å²) in [7, 11) is 0. The molecule has 1 aliphatic heterocycles. The summed E-state index contributed by atoms with van der Waals surface area (Å²) in [5.74, 6) is -3.00. The molecule has 0 amide bonds. The second-order valence-electron chi connectivity index (χ2n) is 5.06. The first kappa shape index (κ1) is 14.6. The molecule has 0 radical (unpaired) electrons. The molecule has 6 heteroatoms. The number of carbonyl (C=O) groups excluding carboxylic acids is 3. The Morgan fingerprint density at radius 2 is 1.48 bits per heavy atom. The van der Waals surface area contributed by atoms with Gasteiger partial charge < -0.3 is 9.84 Å². The first-order valence-corrected chi connectivity index (χ1v) is 6.67. The van der Waals surface area contributed by atoms with Gasteiger partial charge >= 0.3 is 17.9 Å². The Morgan fingerprint density at radius 1 is 0.870 bits per heavy atom. The molecular formula is C17H10O6. The molecule has 0 fully saturated rings. The van der Waals surface area contributed by atoms with Gasteiger partial charge in [0.15, 0.2) is 5.78 Å². The first-order valence-electron chi connectivity index (χ1n) is 6.67. The molecule has 0 aromatic heterocycles. The highest BCUT2D eigenvalue weighted by molar-refractivity contribution is 6.15. The summed E-state index contributed by atoms with van der Waals surface area (Å²) >= 11 is 0. The van der Waals surface area contributed by atoms with Gasteiger partial charge in [0.05, 0.1) is 16.7 Å². The van der Waals surface area contributed by atoms with Gasteiger partial charge in [-0.05, 0) is 42.3 Å². The van der Waals surface area contributed by atoms with Gasteiger partial charge in [0.25, 0.3) is 0 Å². The quantitative estimate of drug-likeness (QED) is 0.531. The van der Waals surface area contributed by atoms with E-state index < -0.39 is 17.9 Å². The number of benzene rings is 2. The molecule has 1 N–H and O–H groups in total. The predicted molar refractivity (Wildman–Crippen MR) is 78.6 cm³/mol. The molecule has 0 saturated carbocycles. The van der Waals surface area contributed by atoms with Crippen LogP contribution in [0.15, 0.2) is 36.4 Å². The Bertz CT molecular complexity index is 894. The summed E-state index contributed by atoms with van der Waals surface area (Å²) < 4.78 is 4.52. The van der Waals surface area contributed by atoms with E-state index in [0.717, 1.165) is 0 Å². The van der Waals surface area contributed by atoms with Crippen molar-refractivity contribution in [2.75, 3.05) is 0 Å². The minimum Gasteiger partial charge on any atom is -0.478 e. The van der Waals surface area contributed by atoms with Crippen molar-refractivity contribution in [3.63, 3.8) is 0 Å². The molecule has 0 atom stereocenters. The van der Waals surface area contributed by atoms with E-state index in [1.165, 1.54) is 31.2 Å². The number of fused-ring (bicyclic) bond motifs is 1. The molecule has 0 aliphatic carbocycles. The van der Waals surface area contributed by atoms with E-state index in [1.807, 2.05) is 0 Å². The molecule has 6 nitrogen and oxygen atoms in total. The van der Waals surface area contributed by atoms with E-state index in [-0.39, 0.29) is 28.0 Å². The lowest BCUT2D eigenvalue weighted by Crippen LogP contribution is -2.06. The highest BCUT2D eigenvalue weighted by Gasteiger charge is 2.29. The Hall–Kier alpha value is -3.28. The maximum absolute atomic E-state index is 11.6. The largest absolute Gasteiger partial charge is 0.478 e. The van der Waals surface area contributed by atoms with Crippen molar-refractivity contribution in [1.82, 2.24) is 0 Å². The van der Waals surface area contributed by atoms with Crippen LogP contribution in [0.5, 0.6) is 0 Å². The zero-order valence-electron chi connectivity index (χ0n) is 12.0. The van der Waals surface area contributed by atoms with Gasteiger partial charge in [-0.3, -0.25) is 4.79 Å². The zero-order valence-corrected chi connectivity index (χ0v) is 12.0. The van der Waals surface area contributed by atoms with Crippen LogP contribution in [-0.2, 0) is 4.74 Å². The summed E-state index contributed by atoms with van der Waals surface area (Å²) in [4.78, 5) is 45.8. The lowest BCUT2D eigenvalue weighted by atomic mass is 9.95. The maximum Gasteiger partial charge on any atom is 0.346 e. The fourth-order valence-corrected chi connectivity index (χ4v) is 2.47. The third-order valence-electron chi connectivity index (χ3n) is 3.61. The van der Waals surface area contributed by atoms with Crippen molar-refractivity contribution in [2.24, 2.45) is 0 Å². The summed E-state index contributed by atoms with van der Waals surface area (Å²) in [6, 6.07) is 8.90. The van der Waals surface area contributed by atoms with Crippen molar-refractivity contribution in [3.8, 4) is 11.1 Å². The average Bonchev–Trinajstić information content (AvgIpc) is 2.80. The highest BCUT2D eigenvalue weighted by Crippen LogP contribution is 2.28. The lowest BCUT2D eigenvalue weighted by Gasteiger charge is -2.07. The van der Waals surface area contributed by atoms with Crippen LogP contribution in [0.3, 0.4) is 0 Å². The molecular weight excluding hydrogens is 300 g/mol. The molecule has 0 unspecified atom stereocenters. The molecule has 114 valence electrons. The number of aromatic carboxylic acids is 1. The number of esters is 2. The molecule has 2 aromatic carbocycles. The van der Waals surface area contributed by atoms with E-state index >= 15 is 0 Å². The van der Waals surface area contributed by atoms with E-state index in [0.29, 0.717) is 11.1 Å². The van der Waals surface area contributed by atoms with Crippen molar-refractivity contribution in [2.45, 2.75) is 6.92 Å². The molecule has 23 heavy (non-hydrogen) atoms. The van der Waals surface area contributed by atoms with Gasteiger partial charge in [0.1, 0.15) is 0 Å². The van der Waals surface area contributed by atoms with Gasteiger partial charge in [-0.1, -0.05) is 12.1 Å². The molecule has 1 aliphatic rings. The Morgan fingerprint density at radius 3 is 2.13 bits per heavy atom. The predicted octanol–water partition coefficient (Wildman–Crippen LogP) is 2.57. The second kappa shape index (κ2) is 5.17. The van der Waals surface area contributed by atoms with E-state index in [4.69, 9.17) is 0 Å². The maximum atomic E-state index is 11.6. The normalized spacial score (nSPS) is 12.7. The number of carbonyl (C=O) groups is 4. The summed E-state index contributed by atoms with van der Waals surface area (Å²) in [6.45, 7) is 1.29. The molecule has 3 rings (SSSR count). The minimum atomic E-state index is -1.22. The average molecular weight is 310 g/mol. The summed E-state index contributed by atoms with van der Waals surface area (Å²) in [6.07, 6.45) is 0. The van der Waals surface area contributed by atoms with Gasteiger partial charge in [-0.2, -0.15) is 0 Å². The number of Topliss-reactive ketones (excluding diaryl/α,β-unsaturated/α-hetero) is 1. The molecule has 0 saturated heterocycles. The van der Waals surface area contributed by atoms with Crippen molar-refractivity contribution >= 4 is 23.7 Å². The smallest absolute Gasteiger partial charge is 0.346 e. The number of hydrogen-bond acceptors (Lipinski definition) is 5. The van der Waals surface area contributed by atoms with Crippen LogP contribution in [-0.4, -0.2) is 28.8 Å². The molecule has 1 heterocycles. The van der Waals surface area contributed by atoms with E-state index in [9.17, 15) is 24.3 Å². The van der Waals surface area contributed by atoms with Crippen LogP contribution < -0.4 is 0 Å². The van der Waals surface area contributed by atoms with Crippen molar-refractivity contribution in [3.05, 3.63) is 58.7 Å². The van der Waals surface area contributed by atoms with Gasteiger partial charge in [-0.25, -0.2) is 14.4 Å². The number of carboxylic acid groups (broad SMARTS) is 1. The Balaban J connectivity index is 2.13. The topological polar surface area (TPSA) is 97.7 Å². The van der Waals surface area contributed by atoms with Crippen LogP contribution in [0.1, 0.15) is 48.4 Å². The number of ether oxygens (including phenoxy) is 1. The summed E-state index contributed by atoms with van der Waals surface area (Å²) in [5, 5.41) is 9.25. The van der Waals surface area contributed by atoms with Crippen molar-refractivity contribution < 1.29 is 29.0 Å². The van der Waals surface area contributed by atoms with Crippen LogP contribution in [0.25, 0.3) is 11.1 Å². The highest BCUT2D eigenvalue weighted by atomic mass is 16.6. The summed E-state index contributed by atoms with van der Waals surface area (Å²) in [5.41, 5.74) is 1.37.